The van der Waals surface area contributed by atoms with Gasteiger partial charge < -0.3 is 15.8 Å². The number of hydrogen-bond donors (Lipinski definition) is 2. The average molecular weight is 355 g/mol. The van der Waals surface area contributed by atoms with Gasteiger partial charge in [0.05, 0.1) is 0 Å². The van der Waals surface area contributed by atoms with Crippen LogP contribution in [0, 0.1) is 0 Å². The largest absolute Gasteiger partial charge is 0.424 e. The highest BCUT2D eigenvalue weighted by atomic mass is 16.5. The first-order chi connectivity index (χ1) is 12.5. The van der Waals surface area contributed by atoms with Crippen molar-refractivity contribution >= 4 is 34.9 Å². The summed E-state index contributed by atoms with van der Waals surface area (Å²) in [5, 5.41) is 10.8. The highest BCUT2D eigenvalue weighted by molar-refractivity contribution is 5.89. The minimum Gasteiger partial charge on any atom is -0.424 e. The number of amides is 1. The van der Waals surface area contributed by atoms with Crippen LogP contribution in [-0.4, -0.2) is 16.9 Å². The zero-order valence-corrected chi connectivity index (χ0v) is 14.7. The molecule has 0 aliphatic heterocycles. The lowest BCUT2D eigenvalue weighted by molar-refractivity contribution is -0.134. The number of hydrogen-bond acceptors (Lipinski definition) is 7. The van der Waals surface area contributed by atoms with Crippen molar-refractivity contribution in [1.29, 1.82) is 0 Å². The quantitative estimate of drug-likeness (QED) is 0.439. The Kier molecular flexibility index (Phi) is 6.78. The van der Waals surface area contributed by atoms with E-state index >= 15 is 0 Å². The Labute approximate surface area is 151 Å². The van der Waals surface area contributed by atoms with E-state index in [1.165, 1.54) is 0 Å². The van der Waals surface area contributed by atoms with Crippen molar-refractivity contribution in [3.63, 3.8) is 0 Å². The Morgan fingerprint density at radius 3 is 2.54 bits per heavy atom. The van der Waals surface area contributed by atoms with E-state index in [9.17, 15) is 9.59 Å². The fourth-order valence-corrected chi connectivity index (χ4v) is 1.96. The summed E-state index contributed by atoms with van der Waals surface area (Å²) in [6, 6.07) is 10.0. The van der Waals surface area contributed by atoms with Gasteiger partial charge in [-0.15, -0.1) is 10.2 Å². The second-order valence-corrected chi connectivity index (χ2v) is 5.39. The number of para-hydroxylation sites is 1. The third-order valence-corrected chi connectivity index (χ3v) is 3.30. The van der Waals surface area contributed by atoms with Crippen LogP contribution in [0.2, 0.25) is 0 Å². The van der Waals surface area contributed by atoms with Gasteiger partial charge in [-0.3, -0.25) is 9.59 Å². The van der Waals surface area contributed by atoms with Crippen LogP contribution in [0.25, 0.3) is 0 Å². The molecule has 0 saturated heterocycles. The molecule has 8 nitrogen and oxygen atoms in total. The molecule has 0 aliphatic carbocycles. The molecule has 2 rings (SSSR count). The lowest BCUT2D eigenvalue weighted by Crippen LogP contribution is -2.11. The van der Waals surface area contributed by atoms with Crippen LogP contribution in [0.1, 0.15) is 33.1 Å². The molecule has 26 heavy (non-hydrogen) atoms. The van der Waals surface area contributed by atoms with Gasteiger partial charge in [-0.05, 0) is 30.7 Å². The summed E-state index contributed by atoms with van der Waals surface area (Å²) in [5.41, 5.74) is 6.60. The zero-order valence-electron chi connectivity index (χ0n) is 14.7. The smallest absolute Gasteiger partial charge is 0.311 e. The van der Waals surface area contributed by atoms with Gasteiger partial charge in [0, 0.05) is 12.8 Å². The van der Waals surface area contributed by atoms with E-state index in [-0.39, 0.29) is 17.7 Å². The van der Waals surface area contributed by atoms with E-state index in [1.54, 1.807) is 43.3 Å². The number of nitrogens with zero attached hydrogens (tertiary/aromatic N) is 3. The third kappa shape index (κ3) is 5.37. The summed E-state index contributed by atoms with van der Waals surface area (Å²) >= 11 is 0. The number of nitrogens with two attached hydrogens (primary N) is 1. The molecule has 1 amide bonds. The highest BCUT2D eigenvalue weighted by Crippen LogP contribution is 2.30. The molecule has 0 bridgehead atoms. The highest BCUT2D eigenvalue weighted by Gasteiger charge is 2.09. The normalized spacial score (nSPS) is 10.7. The van der Waals surface area contributed by atoms with Gasteiger partial charge in [-0.1, -0.05) is 26.0 Å². The van der Waals surface area contributed by atoms with Crippen LogP contribution in [0.4, 0.5) is 23.0 Å². The number of nitrogens with one attached hydrogen (secondary N) is 1. The second-order valence-electron chi connectivity index (χ2n) is 5.39. The summed E-state index contributed by atoms with van der Waals surface area (Å²) < 4.78 is 5.29. The predicted molar refractivity (Wildman–Crippen MR) is 98.7 cm³/mol. The molecule has 3 N–H and O–H groups in total. The minimum absolute atomic E-state index is 0.128. The number of pyridine rings is 1. The number of esters is 1. The van der Waals surface area contributed by atoms with E-state index in [0.29, 0.717) is 42.2 Å². The zero-order chi connectivity index (χ0) is 18.9. The van der Waals surface area contributed by atoms with E-state index in [1.807, 2.05) is 6.92 Å². The van der Waals surface area contributed by atoms with Gasteiger partial charge >= 0.3 is 5.97 Å². The topological polar surface area (TPSA) is 119 Å². The molecule has 0 unspecified atom stereocenters. The third-order valence-electron chi connectivity index (χ3n) is 3.30. The molecule has 8 heteroatoms. The molecule has 136 valence electrons. The van der Waals surface area contributed by atoms with Crippen molar-refractivity contribution in [3.8, 4) is 5.75 Å². The van der Waals surface area contributed by atoms with E-state index in [4.69, 9.17) is 10.5 Å². The number of anilines is 2. The molecular formula is C18H21N5O3. The van der Waals surface area contributed by atoms with Gasteiger partial charge in [-0.2, -0.15) is 0 Å². The predicted octanol–water partition coefficient (Wildman–Crippen LogP) is 4.13. The van der Waals surface area contributed by atoms with E-state index in [2.05, 4.69) is 20.5 Å². The second kappa shape index (κ2) is 9.26. The molecule has 1 aromatic heterocycles. The molecule has 1 aromatic carbocycles. The maximum atomic E-state index is 11.7. The van der Waals surface area contributed by atoms with Crippen molar-refractivity contribution < 1.29 is 14.3 Å². The van der Waals surface area contributed by atoms with Crippen molar-refractivity contribution in [3.05, 3.63) is 36.4 Å². The number of nitrogen functional groups attached to an aromatic ring is 1. The Morgan fingerprint density at radius 2 is 1.85 bits per heavy atom. The Balaban J connectivity index is 2.17. The first-order valence-electron chi connectivity index (χ1n) is 8.31. The molecule has 0 fully saturated rings. The van der Waals surface area contributed by atoms with Crippen molar-refractivity contribution in [2.45, 2.75) is 33.1 Å². The summed E-state index contributed by atoms with van der Waals surface area (Å²) in [6.07, 6.45) is 1.37. The van der Waals surface area contributed by atoms with Crippen LogP contribution < -0.4 is 15.8 Å². The summed E-state index contributed by atoms with van der Waals surface area (Å²) in [6.45, 7) is 3.64. The Morgan fingerprint density at radius 1 is 1.12 bits per heavy atom. The average Bonchev–Trinajstić information content (AvgIpc) is 2.62. The van der Waals surface area contributed by atoms with Crippen LogP contribution in [0.15, 0.2) is 46.6 Å². The minimum atomic E-state index is -0.327. The fraction of sp³-hybridized carbons (Fsp3) is 0.278. The Hall–Kier alpha value is -3.29. The van der Waals surface area contributed by atoms with Gasteiger partial charge in [-0.25, -0.2) is 4.98 Å². The van der Waals surface area contributed by atoms with Gasteiger partial charge in [0.1, 0.15) is 17.2 Å². The summed E-state index contributed by atoms with van der Waals surface area (Å²) in [4.78, 5) is 27.1. The number of aromatic nitrogens is 1. The first-order valence-corrected chi connectivity index (χ1v) is 8.31. The SMILES string of the molecule is CCCC(=O)Oc1ccccc1N=Nc1ccc(NC(=O)CC)nc1N. The number of azo groups is 1. The van der Waals surface area contributed by atoms with Crippen LogP contribution in [0.5, 0.6) is 5.75 Å². The number of benzene rings is 1. The molecular weight excluding hydrogens is 334 g/mol. The van der Waals surface area contributed by atoms with Crippen LogP contribution >= 0.6 is 0 Å². The van der Waals surface area contributed by atoms with E-state index in [0.717, 1.165) is 0 Å². The maximum absolute atomic E-state index is 11.7. The lowest BCUT2D eigenvalue weighted by Gasteiger charge is -2.06. The molecule has 0 radical (unpaired) electrons. The molecule has 0 aliphatic rings. The van der Waals surface area contributed by atoms with Gasteiger partial charge in [0.2, 0.25) is 5.91 Å². The lowest BCUT2D eigenvalue weighted by atomic mass is 10.3. The first kappa shape index (κ1) is 19.0. The van der Waals surface area contributed by atoms with Gasteiger partial charge in [0.25, 0.3) is 0 Å². The molecule has 0 atom stereocenters. The molecule has 2 aromatic rings. The number of carbonyl (C=O) groups is 2. The maximum Gasteiger partial charge on any atom is 0.311 e. The summed E-state index contributed by atoms with van der Waals surface area (Å²) in [5.74, 6) is 0.319. The van der Waals surface area contributed by atoms with Crippen LogP contribution in [-0.2, 0) is 9.59 Å². The Bertz CT molecular complexity index is 820. The van der Waals surface area contributed by atoms with Crippen molar-refractivity contribution in [1.82, 2.24) is 4.98 Å². The van der Waals surface area contributed by atoms with Crippen molar-refractivity contribution in [2.24, 2.45) is 10.2 Å². The molecule has 0 saturated carbocycles. The number of ether oxygens (including phenoxy) is 1. The summed E-state index contributed by atoms with van der Waals surface area (Å²) in [7, 11) is 0. The fourth-order valence-electron chi connectivity index (χ4n) is 1.96. The van der Waals surface area contributed by atoms with Crippen molar-refractivity contribution in [2.75, 3.05) is 11.1 Å². The standard InChI is InChI=1S/C18H21N5O3/c1-3-7-17(25)26-14-9-6-5-8-12(14)22-23-13-10-11-15(21-18(13)19)20-16(24)4-2/h5-6,8-11H,3-4,7H2,1-2H3,(H3,19,20,21,24). The van der Waals surface area contributed by atoms with E-state index < -0.39 is 0 Å². The van der Waals surface area contributed by atoms with Crippen LogP contribution in [0.3, 0.4) is 0 Å². The molecule has 0 spiro atoms. The number of carbonyl (C=O) groups excluding carboxylic acids is 2. The van der Waals surface area contributed by atoms with Gasteiger partial charge in [0.15, 0.2) is 11.6 Å². The number of rotatable bonds is 7. The monoisotopic (exact) mass is 355 g/mol. The molecule has 1 heterocycles.